The van der Waals surface area contributed by atoms with Gasteiger partial charge in [-0.3, -0.25) is 13.9 Å². The SMILES string of the molecule is CCc1ccccc1N(CC(=O)N(Cc1ccc(F)cc1)[C@@H](Cc1ccccc1)C(=O)N[C@H](C)CC)S(=O)(=O)c1ccccc1. The van der Waals surface area contributed by atoms with E-state index in [9.17, 15) is 22.4 Å². The molecule has 2 amide bonds. The minimum atomic E-state index is -4.19. The molecule has 0 aliphatic heterocycles. The van der Waals surface area contributed by atoms with Gasteiger partial charge in [-0.15, -0.1) is 0 Å². The summed E-state index contributed by atoms with van der Waals surface area (Å²) < 4.78 is 43.3. The highest BCUT2D eigenvalue weighted by Crippen LogP contribution is 2.28. The van der Waals surface area contributed by atoms with Gasteiger partial charge in [-0.05, 0) is 66.8 Å². The number of sulfonamides is 1. The second kappa shape index (κ2) is 15.5. The molecule has 0 spiro atoms. The van der Waals surface area contributed by atoms with Crippen LogP contribution in [0.2, 0.25) is 0 Å². The van der Waals surface area contributed by atoms with Crippen molar-refractivity contribution in [3.63, 3.8) is 0 Å². The van der Waals surface area contributed by atoms with Crippen LogP contribution in [-0.2, 0) is 39.0 Å². The normalized spacial score (nSPS) is 12.6. The van der Waals surface area contributed by atoms with Gasteiger partial charge in [0.15, 0.2) is 0 Å². The van der Waals surface area contributed by atoms with Crippen molar-refractivity contribution in [3.8, 4) is 0 Å². The van der Waals surface area contributed by atoms with Gasteiger partial charge in [-0.25, -0.2) is 12.8 Å². The summed E-state index contributed by atoms with van der Waals surface area (Å²) in [7, 11) is -4.19. The number of carbonyl (C=O) groups excluding carboxylic acids is 2. The summed E-state index contributed by atoms with van der Waals surface area (Å²) in [5.41, 5.74) is 2.59. The van der Waals surface area contributed by atoms with Crippen molar-refractivity contribution in [2.45, 2.75) is 63.6 Å². The molecule has 4 rings (SSSR count). The zero-order valence-electron chi connectivity index (χ0n) is 25.9. The molecule has 9 heteroatoms. The molecule has 236 valence electrons. The molecular formula is C36H40FN3O4S. The number of carbonyl (C=O) groups is 2. The van der Waals surface area contributed by atoms with Gasteiger partial charge < -0.3 is 10.2 Å². The molecule has 7 nitrogen and oxygen atoms in total. The third-order valence-electron chi connectivity index (χ3n) is 7.79. The predicted octanol–water partition coefficient (Wildman–Crippen LogP) is 6.14. The molecule has 0 unspecified atom stereocenters. The molecule has 0 aliphatic carbocycles. The van der Waals surface area contributed by atoms with Crippen LogP contribution >= 0.6 is 0 Å². The van der Waals surface area contributed by atoms with Crippen molar-refractivity contribution in [3.05, 3.63) is 132 Å². The van der Waals surface area contributed by atoms with Crippen molar-refractivity contribution >= 4 is 27.5 Å². The lowest BCUT2D eigenvalue weighted by Crippen LogP contribution is -2.54. The maximum Gasteiger partial charge on any atom is 0.264 e. The Morgan fingerprint density at radius 1 is 0.800 bits per heavy atom. The largest absolute Gasteiger partial charge is 0.352 e. The predicted molar refractivity (Wildman–Crippen MR) is 176 cm³/mol. The molecule has 2 atom stereocenters. The summed E-state index contributed by atoms with van der Waals surface area (Å²) in [5.74, 6) is -1.34. The maximum absolute atomic E-state index is 14.5. The van der Waals surface area contributed by atoms with Crippen molar-refractivity contribution in [1.29, 1.82) is 0 Å². The van der Waals surface area contributed by atoms with Crippen LogP contribution in [0.4, 0.5) is 10.1 Å². The van der Waals surface area contributed by atoms with Gasteiger partial charge in [0.05, 0.1) is 10.6 Å². The number of para-hydroxylation sites is 1. The molecule has 0 saturated heterocycles. The summed E-state index contributed by atoms with van der Waals surface area (Å²) in [5, 5.41) is 3.01. The van der Waals surface area contributed by atoms with Crippen molar-refractivity contribution in [2.24, 2.45) is 0 Å². The standard InChI is InChI=1S/C36H40FN3O4S/c1-4-27(3)38-36(42)34(24-28-14-8-6-9-15-28)39(25-29-20-22-31(37)23-21-29)35(41)26-40(33-19-13-12-16-30(33)5-2)45(43,44)32-17-10-7-11-18-32/h6-23,27,34H,4-5,24-26H2,1-3H3,(H,38,42)/t27-,34+/m1/s1. The van der Waals surface area contributed by atoms with Gasteiger partial charge in [0.1, 0.15) is 18.4 Å². The van der Waals surface area contributed by atoms with Crippen LogP contribution in [-0.4, -0.2) is 43.8 Å². The van der Waals surface area contributed by atoms with E-state index in [1.165, 1.54) is 29.2 Å². The average Bonchev–Trinajstić information content (AvgIpc) is 3.06. The Kier molecular flexibility index (Phi) is 11.5. The number of nitrogens with zero attached hydrogens (tertiary/aromatic N) is 2. The number of benzene rings is 4. The minimum absolute atomic E-state index is 0.0286. The molecule has 0 aromatic heterocycles. The average molecular weight is 630 g/mol. The molecule has 45 heavy (non-hydrogen) atoms. The van der Waals surface area contributed by atoms with Crippen LogP contribution in [0.25, 0.3) is 0 Å². The van der Waals surface area contributed by atoms with E-state index in [0.29, 0.717) is 24.1 Å². The Morgan fingerprint density at radius 2 is 1.40 bits per heavy atom. The quantitative estimate of drug-likeness (QED) is 0.182. The molecular weight excluding hydrogens is 589 g/mol. The van der Waals surface area contributed by atoms with Crippen LogP contribution in [0.1, 0.15) is 43.9 Å². The van der Waals surface area contributed by atoms with Gasteiger partial charge in [0, 0.05) is 19.0 Å². The topological polar surface area (TPSA) is 86.8 Å². The van der Waals surface area contributed by atoms with Gasteiger partial charge in [-0.1, -0.05) is 92.7 Å². The van der Waals surface area contributed by atoms with Crippen LogP contribution in [0.3, 0.4) is 0 Å². The van der Waals surface area contributed by atoms with Crippen LogP contribution in [0.15, 0.2) is 114 Å². The zero-order valence-corrected chi connectivity index (χ0v) is 26.7. The molecule has 0 saturated carbocycles. The van der Waals surface area contributed by atoms with E-state index in [1.807, 2.05) is 63.2 Å². The fourth-order valence-corrected chi connectivity index (χ4v) is 6.54. The Bertz CT molecular complexity index is 1670. The smallest absolute Gasteiger partial charge is 0.264 e. The van der Waals surface area contributed by atoms with Crippen molar-refractivity contribution in [2.75, 3.05) is 10.8 Å². The first-order chi connectivity index (χ1) is 21.6. The molecule has 0 bridgehead atoms. The second-order valence-corrected chi connectivity index (χ2v) is 12.8. The third-order valence-corrected chi connectivity index (χ3v) is 9.56. The fourth-order valence-electron chi connectivity index (χ4n) is 5.07. The number of rotatable bonds is 14. The fraction of sp³-hybridized carbons (Fsp3) is 0.278. The Hall–Kier alpha value is -4.50. The third kappa shape index (κ3) is 8.57. The molecule has 4 aromatic rings. The number of aryl methyl sites for hydroxylation is 1. The Balaban J connectivity index is 1.82. The van der Waals surface area contributed by atoms with E-state index in [0.717, 1.165) is 15.4 Å². The molecule has 0 fully saturated rings. The number of amides is 2. The summed E-state index contributed by atoms with van der Waals surface area (Å²) in [4.78, 5) is 29.9. The minimum Gasteiger partial charge on any atom is -0.352 e. The van der Waals surface area contributed by atoms with Crippen molar-refractivity contribution < 1.29 is 22.4 Å². The monoisotopic (exact) mass is 629 g/mol. The lowest BCUT2D eigenvalue weighted by molar-refractivity contribution is -0.140. The van der Waals surface area contributed by atoms with E-state index in [4.69, 9.17) is 0 Å². The highest BCUT2D eigenvalue weighted by Gasteiger charge is 2.35. The second-order valence-electron chi connectivity index (χ2n) is 11.0. The number of nitrogens with one attached hydrogen (secondary N) is 1. The van der Waals surface area contributed by atoms with Crippen LogP contribution < -0.4 is 9.62 Å². The summed E-state index contributed by atoms with van der Waals surface area (Å²) in [6.07, 6.45) is 1.43. The summed E-state index contributed by atoms with van der Waals surface area (Å²) >= 11 is 0. The van der Waals surface area contributed by atoms with Crippen LogP contribution in [0.5, 0.6) is 0 Å². The molecule has 0 radical (unpaired) electrons. The number of hydrogen-bond donors (Lipinski definition) is 1. The number of halogens is 1. The zero-order chi connectivity index (χ0) is 32.4. The lowest BCUT2D eigenvalue weighted by Gasteiger charge is -2.34. The first kappa shape index (κ1) is 33.4. The molecule has 0 heterocycles. The Morgan fingerprint density at radius 3 is 2.02 bits per heavy atom. The van der Waals surface area contributed by atoms with E-state index in [2.05, 4.69) is 5.32 Å². The first-order valence-electron chi connectivity index (χ1n) is 15.2. The molecule has 0 aliphatic rings. The first-order valence-corrected chi connectivity index (χ1v) is 16.6. The van der Waals surface area contributed by atoms with Crippen LogP contribution in [0, 0.1) is 5.82 Å². The van der Waals surface area contributed by atoms with Gasteiger partial charge in [-0.2, -0.15) is 0 Å². The highest BCUT2D eigenvalue weighted by atomic mass is 32.2. The van der Waals surface area contributed by atoms with E-state index >= 15 is 0 Å². The van der Waals surface area contributed by atoms with E-state index < -0.39 is 34.3 Å². The summed E-state index contributed by atoms with van der Waals surface area (Å²) in [6.45, 7) is 5.19. The van der Waals surface area contributed by atoms with Gasteiger partial charge >= 0.3 is 0 Å². The number of anilines is 1. The summed E-state index contributed by atoms with van der Waals surface area (Å²) in [6, 6.07) is 29.0. The number of hydrogen-bond acceptors (Lipinski definition) is 4. The van der Waals surface area contributed by atoms with Gasteiger partial charge in [0.2, 0.25) is 11.8 Å². The Labute approximate surface area is 265 Å². The van der Waals surface area contributed by atoms with E-state index in [1.54, 1.807) is 42.5 Å². The van der Waals surface area contributed by atoms with E-state index in [-0.39, 0.29) is 29.8 Å². The maximum atomic E-state index is 14.5. The van der Waals surface area contributed by atoms with Crippen molar-refractivity contribution in [1.82, 2.24) is 10.2 Å². The molecule has 4 aromatic carbocycles. The highest BCUT2D eigenvalue weighted by molar-refractivity contribution is 7.92. The molecule has 1 N–H and O–H groups in total. The lowest BCUT2D eigenvalue weighted by atomic mass is 10.0. The van der Waals surface area contributed by atoms with Gasteiger partial charge in [0.25, 0.3) is 10.0 Å².